The molecule has 0 saturated carbocycles. The van der Waals surface area contributed by atoms with Gasteiger partial charge in [-0.2, -0.15) is 4.57 Å². The van der Waals surface area contributed by atoms with Gasteiger partial charge in [0.05, 0.1) is 5.38 Å². The molecule has 0 aliphatic carbocycles. The number of thiazole rings is 1. The second kappa shape index (κ2) is 6.80. The molecular weight excluding hydrogens is 300 g/mol. The van der Waals surface area contributed by atoms with Crippen molar-refractivity contribution in [3.8, 4) is 11.3 Å². The lowest BCUT2D eigenvalue weighted by Crippen LogP contribution is -2.30. The second-order valence-corrected chi connectivity index (χ2v) is 6.59. The van der Waals surface area contributed by atoms with Crippen molar-refractivity contribution in [1.82, 2.24) is 0 Å². The van der Waals surface area contributed by atoms with Crippen molar-refractivity contribution in [2.24, 2.45) is 7.05 Å². The highest BCUT2D eigenvalue weighted by Gasteiger charge is 2.15. The first kappa shape index (κ1) is 15.5. The predicted molar refractivity (Wildman–Crippen MR) is 101 cm³/mol. The van der Waals surface area contributed by atoms with Crippen LogP contribution in [-0.2, 0) is 7.05 Å². The van der Waals surface area contributed by atoms with Crippen molar-refractivity contribution in [2.75, 3.05) is 19.0 Å². The summed E-state index contributed by atoms with van der Waals surface area (Å²) in [4.78, 5) is 2.11. The van der Waals surface area contributed by atoms with E-state index in [1.54, 1.807) is 11.3 Å². The third-order valence-electron chi connectivity index (χ3n) is 3.88. The van der Waals surface area contributed by atoms with Gasteiger partial charge in [-0.15, -0.1) is 0 Å². The minimum atomic E-state index is 1.21. The Balaban J connectivity index is 1.82. The normalized spacial score (nSPS) is 11.1. The molecule has 0 radical (unpaired) electrons. The van der Waals surface area contributed by atoms with E-state index in [1.165, 1.54) is 27.5 Å². The molecule has 0 amide bonds. The molecule has 1 aromatic heterocycles. The maximum atomic E-state index is 2.24. The van der Waals surface area contributed by atoms with Gasteiger partial charge in [-0.25, -0.2) is 0 Å². The Kier molecular flexibility index (Phi) is 4.58. The summed E-state index contributed by atoms with van der Waals surface area (Å²) in [6.07, 6.45) is 4.35. The van der Waals surface area contributed by atoms with E-state index in [0.717, 1.165) is 0 Å². The van der Waals surface area contributed by atoms with Crippen LogP contribution in [0.25, 0.3) is 23.4 Å². The van der Waals surface area contributed by atoms with Crippen LogP contribution in [0, 0.1) is 0 Å². The molecule has 0 unspecified atom stereocenters. The van der Waals surface area contributed by atoms with Crippen molar-refractivity contribution in [3.05, 3.63) is 70.5 Å². The molecule has 0 saturated heterocycles. The first-order valence-corrected chi connectivity index (χ1v) is 8.51. The fourth-order valence-electron chi connectivity index (χ4n) is 2.47. The van der Waals surface area contributed by atoms with E-state index < -0.39 is 0 Å². The molecule has 3 rings (SSSR count). The summed E-state index contributed by atoms with van der Waals surface area (Å²) in [6.45, 7) is 0. The minimum absolute atomic E-state index is 1.21. The molecule has 3 heteroatoms. The van der Waals surface area contributed by atoms with E-state index in [0.29, 0.717) is 0 Å². The van der Waals surface area contributed by atoms with E-state index in [-0.39, 0.29) is 0 Å². The predicted octanol–water partition coefficient (Wildman–Crippen LogP) is 4.48. The van der Waals surface area contributed by atoms with E-state index in [4.69, 9.17) is 0 Å². The summed E-state index contributed by atoms with van der Waals surface area (Å²) in [5.74, 6) is 0. The van der Waals surface area contributed by atoms with Crippen LogP contribution in [-0.4, -0.2) is 14.1 Å². The minimum Gasteiger partial charge on any atom is -0.378 e. The molecule has 0 bridgehead atoms. The molecule has 0 N–H and O–H groups in total. The molecule has 2 aromatic carbocycles. The Labute approximate surface area is 142 Å². The summed E-state index contributed by atoms with van der Waals surface area (Å²) in [5, 5.41) is 3.45. The maximum Gasteiger partial charge on any atom is 0.261 e. The quantitative estimate of drug-likeness (QED) is 0.643. The van der Waals surface area contributed by atoms with Crippen LogP contribution in [0.4, 0.5) is 5.69 Å². The van der Waals surface area contributed by atoms with Crippen molar-refractivity contribution >= 4 is 29.2 Å². The highest BCUT2D eigenvalue weighted by Crippen LogP contribution is 2.21. The van der Waals surface area contributed by atoms with Crippen molar-refractivity contribution in [3.63, 3.8) is 0 Å². The van der Waals surface area contributed by atoms with E-state index in [1.807, 2.05) is 6.07 Å². The zero-order valence-electron chi connectivity index (χ0n) is 13.7. The van der Waals surface area contributed by atoms with Crippen LogP contribution in [0.3, 0.4) is 0 Å². The highest BCUT2D eigenvalue weighted by atomic mass is 32.1. The molecule has 0 atom stereocenters. The highest BCUT2D eigenvalue weighted by molar-refractivity contribution is 7.10. The summed E-state index contributed by atoms with van der Waals surface area (Å²) < 4.78 is 2.24. The van der Waals surface area contributed by atoms with Gasteiger partial charge in [0.1, 0.15) is 7.05 Å². The Bertz CT molecular complexity index is 799. The van der Waals surface area contributed by atoms with Crippen molar-refractivity contribution in [1.29, 1.82) is 0 Å². The van der Waals surface area contributed by atoms with Gasteiger partial charge in [-0.3, -0.25) is 0 Å². The van der Waals surface area contributed by atoms with Gasteiger partial charge in [-0.05, 0) is 35.9 Å². The summed E-state index contributed by atoms with van der Waals surface area (Å²) in [5.41, 5.74) is 4.93. The third-order valence-corrected chi connectivity index (χ3v) is 4.87. The number of aromatic nitrogens is 1. The Hall–Kier alpha value is -2.39. The van der Waals surface area contributed by atoms with E-state index in [9.17, 15) is 0 Å². The number of rotatable bonds is 4. The molecule has 0 aliphatic heterocycles. The number of hydrogen-bond acceptors (Lipinski definition) is 2. The summed E-state index contributed by atoms with van der Waals surface area (Å²) in [6, 6.07) is 19.1. The molecule has 0 fully saturated rings. The largest absolute Gasteiger partial charge is 0.378 e. The summed E-state index contributed by atoms with van der Waals surface area (Å²) in [7, 11) is 6.23. The van der Waals surface area contributed by atoms with Crippen LogP contribution in [0.1, 0.15) is 10.6 Å². The van der Waals surface area contributed by atoms with Gasteiger partial charge < -0.3 is 4.90 Å². The molecule has 1 heterocycles. The maximum absolute atomic E-state index is 2.24. The molecule has 23 heavy (non-hydrogen) atoms. The molecular formula is C20H21N2S+. The lowest BCUT2D eigenvalue weighted by Gasteiger charge is -2.11. The Morgan fingerprint density at radius 3 is 2.26 bits per heavy atom. The van der Waals surface area contributed by atoms with Crippen LogP contribution < -0.4 is 9.47 Å². The monoisotopic (exact) mass is 321 g/mol. The van der Waals surface area contributed by atoms with Crippen LogP contribution in [0.5, 0.6) is 0 Å². The Morgan fingerprint density at radius 2 is 1.61 bits per heavy atom. The van der Waals surface area contributed by atoms with Crippen LogP contribution in [0.2, 0.25) is 0 Å². The number of anilines is 1. The van der Waals surface area contributed by atoms with Gasteiger partial charge in [0.25, 0.3) is 5.01 Å². The van der Waals surface area contributed by atoms with E-state index in [2.05, 4.69) is 96.7 Å². The molecule has 3 aromatic rings. The van der Waals surface area contributed by atoms with Crippen molar-refractivity contribution in [2.45, 2.75) is 0 Å². The smallest absolute Gasteiger partial charge is 0.261 e. The molecule has 116 valence electrons. The first-order valence-electron chi connectivity index (χ1n) is 7.63. The zero-order valence-corrected chi connectivity index (χ0v) is 14.5. The molecule has 0 aliphatic rings. The summed E-state index contributed by atoms with van der Waals surface area (Å²) >= 11 is 1.77. The van der Waals surface area contributed by atoms with Gasteiger partial charge in [0, 0.05) is 31.4 Å². The number of hydrogen-bond donors (Lipinski definition) is 0. The van der Waals surface area contributed by atoms with Crippen molar-refractivity contribution < 1.29 is 4.57 Å². The lowest BCUT2D eigenvalue weighted by molar-refractivity contribution is -0.657. The van der Waals surface area contributed by atoms with Gasteiger partial charge in [0.2, 0.25) is 5.69 Å². The molecule has 2 nitrogen and oxygen atoms in total. The zero-order chi connectivity index (χ0) is 16.2. The van der Waals surface area contributed by atoms with Gasteiger partial charge in [0.15, 0.2) is 0 Å². The topological polar surface area (TPSA) is 7.12 Å². The van der Waals surface area contributed by atoms with Crippen LogP contribution >= 0.6 is 11.3 Å². The van der Waals surface area contributed by atoms with E-state index >= 15 is 0 Å². The van der Waals surface area contributed by atoms with Gasteiger partial charge >= 0.3 is 0 Å². The lowest BCUT2D eigenvalue weighted by atomic mass is 10.2. The second-order valence-electron chi connectivity index (χ2n) is 5.70. The average molecular weight is 321 g/mol. The fourth-order valence-corrected chi connectivity index (χ4v) is 3.40. The Morgan fingerprint density at radius 1 is 0.913 bits per heavy atom. The third kappa shape index (κ3) is 3.51. The van der Waals surface area contributed by atoms with Crippen LogP contribution in [0.15, 0.2) is 60.0 Å². The number of nitrogens with zero attached hydrogens (tertiary/aromatic N) is 2. The standard InChI is InChI=1S/C20H21N2S/c1-21(2)18-12-9-16(10-13-18)11-14-20-22(3)19(15-23-20)17-7-5-4-6-8-17/h4-15H,1-3H3/q+1. The van der Waals surface area contributed by atoms with Gasteiger partial charge in [-0.1, -0.05) is 41.7 Å². The SMILES string of the molecule is CN(C)c1ccc(/C=C/c2scc(-c3ccccc3)[n+]2C)cc1. The first-order chi connectivity index (χ1) is 11.1. The number of benzene rings is 2. The fraction of sp³-hybridized carbons (Fsp3) is 0.150. The molecule has 0 spiro atoms. The average Bonchev–Trinajstić information content (AvgIpc) is 2.95.